The topological polar surface area (TPSA) is 0 Å². The predicted octanol–water partition coefficient (Wildman–Crippen LogP) is 4.73. The Bertz CT molecular complexity index is 1150. The van der Waals surface area contributed by atoms with Crippen LogP contribution in [0.25, 0.3) is 11.1 Å². The molecule has 0 heterocycles. The first-order valence-electron chi connectivity index (χ1n) is 10.7. The van der Waals surface area contributed by atoms with Gasteiger partial charge in [0.15, 0.2) is 8.07 Å². The van der Waals surface area contributed by atoms with Gasteiger partial charge in [-0.15, -0.1) is 0 Å². The van der Waals surface area contributed by atoms with E-state index in [1.165, 1.54) is 31.9 Å². The summed E-state index contributed by atoms with van der Waals surface area (Å²) in [5.74, 6) is 0. The third-order valence-electron chi connectivity index (χ3n) is 6.04. The number of hydrogen-bond donors (Lipinski definition) is 0. The van der Waals surface area contributed by atoms with Crippen LogP contribution in [0, 0.1) is 0 Å². The summed E-state index contributed by atoms with van der Waals surface area (Å²) in [7, 11) is -2.53. The maximum Gasteiger partial charge on any atom is 0.180 e. The molecule has 0 N–H and O–H groups in total. The van der Waals surface area contributed by atoms with Gasteiger partial charge in [-0.2, -0.15) is 0 Å². The number of benzene rings is 5. The maximum atomic E-state index is 2.35. The molecule has 0 spiro atoms. The highest BCUT2D eigenvalue weighted by Crippen LogP contribution is 2.21. The second kappa shape index (κ2) is 8.59. The van der Waals surface area contributed by atoms with Crippen LogP contribution in [0.4, 0.5) is 0 Å². The van der Waals surface area contributed by atoms with Gasteiger partial charge in [-0.1, -0.05) is 146 Å². The summed E-state index contributed by atoms with van der Waals surface area (Å²) in [5.41, 5.74) is 2.57. The molecular formula is C30H24Si. The van der Waals surface area contributed by atoms with E-state index in [1.807, 2.05) is 0 Å². The van der Waals surface area contributed by atoms with Crippen molar-refractivity contribution in [3.8, 4) is 11.1 Å². The zero-order valence-corrected chi connectivity index (χ0v) is 18.4. The first-order valence-corrected chi connectivity index (χ1v) is 12.7. The van der Waals surface area contributed by atoms with Gasteiger partial charge in [0.25, 0.3) is 0 Å². The quantitative estimate of drug-likeness (QED) is 0.289. The van der Waals surface area contributed by atoms with Crippen molar-refractivity contribution >= 4 is 28.8 Å². The summed E-state index contributed by atoms with van der Waals surface area (Å²) in [6, 6.07) is 53.0. The molecular weight excluding hydrogens is 388 g/mol. The highest BCUT2D eigenvalue weighted by Gasteiger charge is 2.42. The standard InChI is InChI=1S/C30H24Si/c1-5-15-25(16-6-1)29-23-13-14-24-30(29)31(26-17-7-2-8-18-26,27-19-9-3-10-20-27)28-21-11-4-12-22-28/h1-24H. The van der Waals surface area contributed by atoms with Gasteiger partial charge in [0, 0.05) is 0 Å². The molecule has 0 aliphatic carbocycles. The number of rotatable bonds is 5. The minimum Gasteiger partial charge on any atom is -0.0623 e. The van der Waals surface area contributed by atoms with Crippen LogP contribution < -0.4 is 20.7 Å². The van der Waals surface area contributed by atoms with E-state index < -0.39 is 8.07 Å². The molecule has 0 bridgehead atoms. The largest absolute Gasteiger partial charge is 0.180 e. The van der Waals surface area contributed by atoms with Crippen molar-refractivity contribution in [3.05, 3.63) is 146 Å². The fourth-order valence-corrected chi connectivity index (χ4v) is 9.70. The second-order valence-corrected chi connectivity index (χ2v) is 11.5. The zero-order chi connectivity index (χ0) is 20.9. The fourth-order valence-electron chi connectivity index (χ4n) is 4.71. The summed E-state index contributed by atoms with van der Waals surface area (Å²) in [5, 5.41) is 5.62. The molecule has 0 saturated carbocycles. The van der Waals surface area contributed by atoms with Crippen molar-refractivity contribution in [2.24, 2.45) is 0 Å². The highest BCUT2D eigenvalue weighted by atomic mass is 28.3. The Hall–Kier alpha value is -3.68. The van der Waals surface area contributed by atoms with Crippen LogP contribution in [0.5, 0.6) is 0 Å². The molecule has 0 aliphatic heterocycles. The Morgan fingerprint density at radius 2 is 0.677 bits per heavy atom. The normalized spacial score (nSPS) is 11.2. The molecule has 0 aliphatic rings. The highest BCUT2D eigenvalue weighted by molar-refractivity contribution is 7.20. The van der Waals surface area contributed by atoms with Gasteiger partial charge in [-0.25, -0.2) is 0 Å². The average Bonchev–Trinajstić information content (AvgIpc) is 2.87. The lowest BCUT2D eigenvalue weighted by Gasteiger charge is -2.36. The molecule has 5 aromatic rings. The lowest BCUT2D eigenvalue weighted by Crippen LogP contribution is -2.75. The van der Waals surface area contributed by atoms with E-state index in [4.69, 9.17) is 0 Å². The molecule has 1 heteroatoms. The zero-order valence-electron chi connectivity index (χ0n) is 17.4. The Morgan fingerprint density at radius 3 is 1.13 bits per heavy atom. The Morgan fingerprint density at radius 1 is 0.323 bits per heavy atom. The smallest absolute Gasteiger partial charge is 0.0623 e. The molecule has 5 aromatic carbocycles. The van der Waals surface area contributed by atoms with E-state index in [9.17, 15) is 0 Å². The van der Waals surface area contributed by atoms with E-state index in [0.717, 1.165) is 0 Å². The van der Waals surface area contributed by atoms with Crippen molar-refractivity contribution in [3.63, 3.8) is 0 Å². The van der Waals surface area contributed by atoms with E-state index in [1.54, 1.807) is 0 Å². The minimum atomic E-state index is -2.53. The molecule has 0 unspecified atom stereocenters. The van der Waals surface area contributed by atoms with Crippen molar-refractivity contribution < 1.29 is 0 Å². The summed E-state index contributed by atoms with van der Waals surface area (Å²) in [6.07, 6.45) is 0. The Labute approximate surface area is 185 Å². The van der Waals surface area contributed by atoms with Gasteiger partial charge in [-0.3, -0.25) is 0 Å². The maximum absolute atomic E-state index is 2.53. The van der Waals surface area contributed by atoms with Gasteiger partial charge in [-0.05, 0) is 31.9 Å². The summed E-state index contributed by atoms with van der Waals surface area (Å²) in [4.78, 5) is 0. The molecule has 0 atom stereocenters. The van der Waals surface area contributed by atoms with E-state index >= 15 is 0 Å². The third kappa shape index (κ3) is 3.43. The predicted molar refractivity (Wildman–Crippen MR) is 135 cm³/mol. The lowest BCUT2D eigenvalue weighted by atomic mass is 10.1. The van der Waals surface area contributed by atoms with Gasteiger partial charge in [0.1, 0.15) is 0 Å². The van der Waals surface area contributed by atoms with Crippen LogP contribution in [0.3, 0.4) is 0 Å². The summed E-state index contributed by atoms with van der Waals surface area (Å²) < 4.78 is 0. The van der Waals surface area contributed by atoms with E-state index in [2.05, 4.69) is 146 Å². The molecule has 0 fully saturated rings. The number of hydrogen-bond acceptors (Lipinski definition) is 0. The SMILES string of the molecule is c1ccc(-c2ccccc2[Si](c2ccccc2)(c2ccccc2)c2ccccc2)cc1. The first-order chi connectivity index (χ1) is 15.4. The molecule has 0 amide bonds. The molecule has 5 rings (SSSR count). The molecule has 0 radical (unpaired) electrons. The molecule has 148 valence electrons. The van der Waals surface area contributed by atoms with Crippen LogP contribution in [-0.2, 0) is 0 Å². The minimum absolute atomic E-state index is 1.26. The molecule has 0 aromatic heterocycles. The molecule has 31 heavy (non-hydrogen) atoms. The van der Waals surface area contributed by atoms with Crippen LogP contribution in [-0.4, -0.2) is 8.07 Å². The van der Waals surface area contributed by atoms with Gasteiger partial charge in [0.2, 0.25) is 0 Å². The van der Waals surface area contributed by atoms with Crippen LogP contribution in [0.1, 0.15) is 0 Å². The third-order valence-corrected chi connectivity index (χ3v) is 10.9. The van der Waals surface area contributed by atoms with Crippen molar-refractivity contribution in [2.45, 2.75) is 0 Å². The van der Waals surface area contributed by atoms with Crippen LogP contribution >= 0.6 is 0 Å². The Balaban J connectivity index is 1.94. The fraction of sp³-hybridized carbons (Fsp3) is 0. The summed E-state index contributed by atoms with van der Waals surface area (Å²) in [6.45, 7) is 0. The van der Waals surface area contributed by atoms with Gasteiger partial charge >= 0.3 is 0 Å². The lowest BCUT2D eigenvalue weighted by molar-refractivity contribution is 1.62. The molecule has 0 nitrogen and oxygen atoms in total. The van der Waals surface area contributed by atoms with Gasteiger partial charge < -0.3 is 0 Å². The monoisotopic (exact) mass is 412 g/mol. The average molecular weight is 413 g/mol. The van der Waals surface area contributed by atoms with Crippen molar-refractivity contribution in [1.29, 1.82) is 0 Å². The van der Waals surface area contributed by atoms with Gasteiger partial charge in [0.05, 0.1) is 0 Å². The van der Waals surface area contributed by atoms with Crippen LogP contribution in [0.2, 0.25) is 0 Å². The van der Waals surface area contributed by atoms with Crippen molar-refractivity contribution in [1.82, 2.24) is 0 Å². The summed E-state index contributed by atoms with van der Waals surface area (Å²) >= 11 is 0. The Kier molecular flexibility index (Phi) is 5.34. The van der Waals surface area contributed by atoms with Crippen molar-refractivity contribution in [2.75, 3.05) is 0 Å². The first kappa shape index (κ1) is 19.3. The van der Waals surface area contributed by atoms with E-state index in [-0.39, 0.29) is 0 Å². The van der Waals surface area contributed by atoms with E-state index in [0.29, 0.717) is 0 Å². The molecule has 0 saturated heterocycles. The van der Waals surface area contributed by atoms with Crippen LogP contribution in [0.15, 0.2) is 146 Å². The second-order valence-electron chi connectivity index (χ2n) is 7.76.